The third-order valence-electron chi connectivity index (χ3n) is 2.38. The minimum absolute atomic E-state index is 1.11. The topological polar surface area (TPSA) is 0 Å². The molecule has 1 aromatic carbocycles. The molecule has 0 N–H and O–H groups in total. The van der Waals surface area contributed by atoms with Crippen LogP contribution in [0.3, 0.4) is 0 Å². The minimum Gasteiger partial charge on any atom is -0.0795 e. The van der Waals surface area contributed by atoms with Crippen molar-refractivity contribution in [1.82, 2.24) is 0 Å². The Morgan fingerprint density at radius 3 is 3.00 bits per heavy atom. The van der Waals surface area contributed by atoms with E-state index in [4.69, 9.17) is 0 Å². The molecule has 0 amide bonds. The Labute approximate surface area is 81.4 Å². The zero-order valence-electron chi connectivity index (χ0n) is 7.10. The Bertz CT molecular complexity index is 337. The van der Waals surface area contributed by atoms with Crippen molar-refractivity contribution in [3.63, 3.8) is 0 Å². The smallest absolute Gasteiger partial charge is 0.0210 e. The molecule has 62 valence electrons. The van der Waals surface area contributed by atoms with Crippen molar-refractivity contribution >= 4 is 22.0 Å². The van der Waals surface area contributed by atoms with E-state index < -0.39 is 0 Å². The van der Waals surface area contributed by atoms with Gasteiger partial charge in [-0.05, 0) is 35.6 Å². The van der Waals surface area contributed by atoms with E-state index in [2.05, 4.69) is 47.1 Å². The average Bonchev–Trinajstić information content (AvgIpc) is 2.52. The summed E-state index contributed by atoms with van der Waals surface area (Å²) in [6.07, 6.45) is 6.67. The van der Waals surface area contributed by atoms with Gasteiger partial charge in [0.05, 0.1) is 0 Å². The van der Waals surface area contributed by atoms with Crippen LogP contribution in [-0.2, 0) is 12.8 Å². The highest BCUT2D eigenvalue weighted by atomic mass is 79.9. The van der Waals surface area contributed by atoms with Crippen LogP contribution in [0, 0.1) is 0 Å². The van der Waals surface area contributed by atoms with Gasteiger partial charge in [-0.3, -0.25) is 0 Å². The fourth-order valence-corrected chi connectivity index (χ4v) is 2.42. The molecule has 0 aliphatic heterocycles. The lowest BCUT2D eigenvalue weighted by atomic mass is 10.0. The summed E-state index contributed by atoms with van der Waals surface area (Å²) in [5.41, 5.74) is 4.37. The fourth-order valence-electron chi connectivity index (χ4n) is 1.77. The minimum atomic E-state index is 1.11. The summed E-state index contributed by atoms with van der Waals surface area (Å²) in [4.78, 5) is 0. The van der Waals surface area contributed by atoms with Gasteiger partial charge in [-0.1, -0.05) is 41.1 Å². The second kappa shape index (κ2) is 3.06. The molecule has 0 unspecified atom stereocenters. The standard InChI is InChI=1S/C11H11Br/c1-2-9-10-5-3-4-8(10)6-7-11(9)12/h3-4,6-7H,2,5H2,1H3. The predicted octanol–water partition coefficient (Wildman–Crippen LogP) is 3.58. The van der Waals surface area contributed by atoms with Crippen LogP contribution in [0.25, 0.3) is 6.08 Å². The van der Waals surface area contributed by atoms with E-state index in [1.165, 1.54) is 21.2 Å². The first-order valence-electron chi connectivity index (χ1n) is 4.29. The van der Waals surface area contributed by atoms with Crippen LogP contribution in [0.2, 0.25) is 0 Å². The highest BCUT2D eigenvalue weighted by Gasteiger charge is 2.10. The van der Waals surface area contributed by atoms with Gasteiger partial charge in [0.25, 0.3) is 0 Å². The van der Waals surface area contributed by atoms with Crippen molar-refractivity contribution in [2.24, 2.45) is 0 Å². The van der Waals surface area contributed by atoms with Crippen molar-refractivity contribution in [2.45, 2.75) is 19.8 Å². The molecule has 12 heavy (non-hydrogen) atoms. The highest BCUT2D eigenvalue weighted by molar-refractivity contribution is 9.10. The largest absolute Gasteiger partial charge is 0.0795 e. The maximum absolute atomic E-state index is 3.58. The number of fused-ring (bicyclic) bond motifs is 1. The summed E-state index contributed by atoms with van der Waals surface area (Å²) in [6, 6.07) is 4.33. The summed E-state index contributed by atoms with van der Waals surface area (Å²) in [6.45, 7) is 2.21. The number of hydrogen-bond donors (Lipinski definition) is 0. The molecule has 0 saturated heterocycles. The number of halogens is 1. The number of rotatable bonds is 1. The van der Waals surface area contributed by atoms with E-state index in [0.717, 1.165) is 12.8 Å². The molecule has 0 radical (unpaired) electrons. The second-order valence-corrected chi connectivity index (χ2v) is 3.91. The van der Waals surface area contributed by atoms with E-state index in [1.54, 1.807) is 0 Å². The molecular formula is C11H11Br. The van der Waals surface area contributed by atoms with Gasteiger partial charge in [-0.25, -0.2) is 0 Å². The first-order chi connectivity index (χ1) is 5.83. The van der Waals surface area contributed by atoms with Gasteiger partial charge in [0, 0.05) is 4.47 Å². The quantitative estimate of drug-likeness (QED) is 0.682. The molecular weight excluding hydrogens is 212 g/mol. The Kier molecular flexibility index (Phi) is 2.05. The molecule has 1 aliphatic rings. The molecule has 0 heterocycles. The SMILES string of the molecule is CCc1c(Br)ccc2c1CC=C2. The molecule has 0 atom stereocenters. The lowest BCUT2D eigenvalue weighted by Crippen LogP contribution is -1.92. The molecule has 0 aromatic heterocycles. The number of hydrogen-bond acceptors (Lipinski definition) is 0. The molecule has 1 heteroatoms. The molecule has 0 spiro atoms. The Balaban J connectivity index is 2.61. The maximum atomic E-state index is 3.58. The van der Waals surface area contributed by atoms with Crippen molar-refractivity contribution in [2.75, 3.05) is 0 Å². The first-order valence-corrected chi connectivity index (χ1v) is 5.09. The highest BCUT2D eigenvalue weighted by Crippen LogP contribution is 2.29. The van der Waals surface area contributed by atoms with Crippen LogP contribution in [0.5, 0.6) is 0 Å². The van der Waals surface area contributed by atoms with Crippen LogP contribution in [0.15, 0.2) is 22.7 Å². The van der Waals surface area contributed by atoms with Gasteiger partial charge < -0.3 is 0 Å². The third-order valence-corrected chi connectivity index (χ3v) is 3.13. The molecule has 0 bridgehead atoms. The summed E-state index contributed by atoms with van der Waals surface area (Å²) in [5.74, 6) is 0. The summed E-state index contributed by atoms with van der Waals surface area (Å²) in [7, 11) is 0. The van der Waals surface area contributed by atoms with Gasteiger partial charge in [0.2, 0.25) is 0 Å². The van der Waals surface area contributed by atoms with Crippen LogP contribution in [-0.4, -0.2) is 0 Å². The zero-order chi connectivity index (χ0) is 8.55. The zero-order valence-corrected chi connectivity index (χ0v) is 8.69. The molecule has 1 aliphatic carbocycles. The Morgan fingerprint density at radius 1 is 1.42 bits per heavy atom. The second-order valence-electron chi connectivity index (χ2n) is 3.05. The fraction of sp³-hybridized carbons (Fsp3) is 0.273. The lowest BCUT2D eigenvalue weighted by molar-refractivity contribution is 1.07. The number of allylic oxidation sites excluding steroid dienone is 1. The third kappa shape index (κ3) is 1.13. The summed E-state index contributed by atoms with van der Waals surface area (Å²) < 4.78 is 1.26. The van der Waals surface area contributed by atoms with E-state index in [9.17, 15) is 0 Å². The monoisotopic (exact) mass is 222 g/mol. The summed E-state index contributed by atoms with van der Waals surface area (Å²) in [5, 5.41) is 0. The number of benzene rings is 1. The van der Waals surface area contributed by atoms with E-state index in [0.29, 0.717) is 0 Å². The average molecular weight is 223 g/mol. The van der Waals surface area contributed by atoms with E-state index >= 15 is 0 Å². The summed E-state index contributed by atoms with van der Waals surface area (Å²) >= 11 is 3.58. The Morgan fingerprint density at radius 2 is 2.25 bits per heavy atom. The van der Waals surface area contributed by atoms with Crippen molar-refractivity contribution < 1.29 is 0 Å². The molecule has 0 saturated carbocycles. The van der Waals surface area contributed by atoms with Crippen molar-refractivity contribution in [1.29, 1.82) is 0 Å². The molecule has 0 nitrogen and oxygen atoms in total. The molecule has 1 aromatic rings. The van der Waals surface area contributed by atoms with Crippen molar-refractivity contribution in [3.05, 3.63) is 39.4 Å². The maximum Gasteiger partial charge on any atom is 0.0210 e. The van der Waals surface area contributed by atoms with Gasteiger partial charge >= 0.3 is 0 Å². The predicted molar refractivity (Wildman–Crippen MR) is 56.3 cm³/mol. The van der Waals surface area contributed by atoms with Crippen LogP contribution < -0.4 is 0 Å². The van der Waals surface area contributed by atoms with Gasteiger partial charge in [-0.15, -0.1) is 0 Å². The van der Waals surface area contributed by atoms with E-state index in [1.807, 2.05) is 0 Å². The molecule has 0 fully saturated rings. The Hall–Kier alpha value is -0.560. The molecule has 2 rings (SSSR count). The van der Waals surface area contributed by atoms with E-state index in [-0.39, 0.29) is 0 Å². The first kappa shape index (κ1) is 8.06. The van der Waals surface area contributed by atoms with Crippen LogP contribution >= 0.6 is 15.9 Å². The van der Waals surface area contributed by atoms with Gasteiger partial charge in [0.1, 0.15) is 0 Å². The van der Waals surface area contributed by atoms with Crippen molar-refractivity contribution in [3.8, 4) is 0 Å². The normalized spacial score (nSPS) is 13.5. The van der Waals surface area contributed by atoms with Crippen LogP contribution in [0.4, 0.5) is 0 Å². The lowest BCUT2D eigenvalue weighted by Gasteiger charge is -2.08. The van der Waals surface area contributed by atoms with Gasteiger partial charge in [0.15, 0.2) is 0 Å². The van der Waals surface area contributed by atoms with Gasteiger partial charge in [-0.2, -0.15) is 0 Å². The van der Waals surface area contributed by atoms with Crippen LogP contribution in [0.1, 0.15) is 23.6 Å².